The van der Waals surface area contributed by atoms with Crippen LogP contribution >= 0.6 is 0 Å². The third-order valence-corrected chi connectivity index (χ3v) is 4.56. The summed E-state index contributed by atoms with van der Waals surface area (Å²) in [5, 5.41) is 5.72. The first-order chi connectivity index (χ1) is 11.6. The summed E-state index contributed by atoms with van der Waals surface area (Å²) in [7, 11) is 0. The van der Waals surface area contributed by atoms with E-state index in [1.165, 1.54) is 5.01 Å². The molecule has 3 aliphatic rings. The van der Waals surface area contributed by atoms with E-state index in [1.54, 1.807) is 4.90 Å². The zero-order valence-electron chi connectivity index (χ0n) is 13.2. The molecule has 2 fully saturated rings. The molecule has 0 unspecified atom stereocenters. The molecule has 1 aliphatic carbocycles. The van der Waals surface area contributed by atoms with Gasteiger partial charge in [0.2, 0.25) is 0 Å². The highest BCUT2D eigenvalue weighted by molar-refractivity contribution is 6.06. The maximum absolute atomic E-state index is 12.4. The molecule has 1 saturated carbocycles. The minimum Gasteiger partial charge on any atom is -0.312 e. The summed E-state index contributed by atoms with van der Waals surface area (Å²) < 4.78 is 0. The van der Waals surface area contributed by atoms with Crippen LogP contribution in [0.1, 0.15) is 24.8 Å². The largest absolute Gasteiger partial charge is 0.327 e. The Labute approximate surface area is 139 Å². The van der Waals surface area contributed by atoms with Crippen molar-refractivity contribution in [2.24, 2.45) is 5.10 Å². The van der Waals surface area contributed by atoms with Gasteiger partial charge in [-0.3, -0.25) is 14.5 Å². The number of benzene rings is 1. The first-order valence-electron chi connectivity index (χ1n) is 8.18. The number of hydrazone groups is 1. The standard InChI is InChI=1S/C17H18N4O3/c22-15-10-19(13-6-7-13)17(24)20(15)11-16(23)21-9-8-14(18-21)12-4-2-1-3-5-12/h1-5,13H,6-11H2. The van der Waals surface area contributed by atoms with Crippen molar-refractivity contribution in [2.75, 3.05) is 19.6 Å². The van der Waals surface area contributed by atoms with Gasteiger partial charge in [-0.15, -0.1) is 0 Å². The number of rotatable bonds is 4. The van der Waals surface area contributed by atoms with Crippen LogP contribution in [0.3, 0.4) is 0 Å². The molecule has 1 aromatic rings. The molecule has 2 aliphatic heterocycles. The van der Waals surface area contributed by atoms with Crippen LogP contribution < -0.4 is 0 Å². The third kappa shape index (κ3) is 2.66. The average Bonchev–Trinajstić information content (AvgIpc) is 3.25. The van der Waals surface area contributed by atoms with E-state index in [4.69, 9.17) is 0 Å². The molecule has 0 aromatic heterocycles. The summed E-state index contributed by atoms with van der Waals surface area (Å²) in [5.74, 6) is -0.619. The smallest absolute Gasteiger partial charge is 0.312 e. The fourth-order valence-corrected chi connectivity index (χ4v) is 3.08. The van der Waals surface area contributed by atoms with Crippen molar-refractivity contribution in [2.45, 2.75) is 25.3 Å². The van der Waals surface area contributed by atoms with Gasteiger partial charge in [0.25, 0.3) is 11.8 Å². The molecule has 7 nitrogen and oxygen atoms in total. The number of amides is 4. The van der Waals surface area contributed by atoms with Gasteiger partial charge in [-0.1, -0.05) is 30.3 Å². The lowest BCUT2D eigenvalue weighted by Crippen LogP contribution is -2.41. The molecular formula is C17H18N4O3. The number of hydrogen-bond acceptors (Lipinski definition) is 4. The minimum atomic E-state index is -0.345. The van der Waals surface area contributed by atoms with Crippen molar-refractivity contribution in [3.05, 3.63) is 35.9 Å². The van der Waals surface area contributed by atoms with Crippen molar-refractivity contribution >= 4 is 23.6 Å². The van der Waals surface area contributed by atoms with Crippen LogP contribution in [0.4, 0.5) is 4.79 Å². The van der Waals surface area contributed by atoms with Gasteiger partial charge in [0.05, 0.1) is 12.3 Å². The summed E-state index contributed by atoms with van der Waals surface area (Å²) in [4.78, 5) is 39.3. The van der Waals surface area contributed by atoms with Crippen LogP contribution in [0.25, 0.3) is 0 Å². The van der Waals surface area contributed by atoms with E-state index in [0.717, 1.165) is 29.0 Å². The fourth-order valence-electron chi connectivity index (χ4n) is 3.08. The van der Waals surface area contributed by atoms with E-state index in [0.29, 0.717) is 13.0 Å². The molecule has 0 N–H and O–H groups in total. The number of carbonyl (C=O) groups is 3. The molecule has 24 heavy (non-hydrogen) atoms. The lowest BCUT2D eigenvalue weighted by molar-refractivity contribution is -0.136. The lowest BCUT2D eigenvalue weighted by Gasteiger charge is -2.18. The second kappa shape index (κ2) is 5.74. The van der Waals surface area contributed by atoms with Crippen molar-refractivity contribution in [3.63, 3.8) is 0 Å². The highest BCUT2D eigenvalue weighted by atomic mass is 16.2. The normalized spacial score (nSPS) is 20.8. The Morgan fingerprint density at radius 2 is 1.92 bits per heavy atom. The number of imide groups is 1. The number of carbonyl (C=O) groups excluding carboxylic acids is 3. The molecule has 4 rings (SSSR count). The summed E-state index contributed by atoms with van der Waals surface area (Å²) in [6.45, 7) is 0.341. The second-order valence-electron chi connectivity index (χ2n) is 6.30. The summed E-state index contributed by atoms with van der Waals surface area (Å²) in [5.41, 5.74) is 1.84. The molecule has 124 valence electrons. The zero-order chi connectivity index (χ0) is 16.7. The van der Waals surface area contributed by atoms with Crippen molar-refractivity contribution in [3.8, 4) is 0 Å². The van der Waals surface area contributed by atoms with Gasteiger partial charge < -0.3 is 4.90 Å². The monoisotopic (exact) mass is 326 g/mol. The van der Waals surface area contributed by atoms with E-state index >= 15 is 0 Å². The summed E-state index contributed by atoms with van der Waals surface area (Å²) in [6, 6.07) is 9.52. The molecule has 1 aromatic carbocycles. The SMILES string of the molecule is O=C(CN1C(=O)CN(C2CC2)C1=O)N1CCC(c2ccccc2)=N1. The molecule has 1 saturated heterocycles. The summed E-state index contributed by atoms with van der Waals surface area (Å²) in [6.07, 6.45) is 2.56. The van der Waals surface area contributed by atoms with E-state index in [-0.39, 0.29) is 37.0 Å². The highest BCUT2D eigenvalue weighted by Crippen LogP contribution is 2.30. The van der Waals surface area contributed by atoms with E-state index < -0.39 is 0 Å². The number of hydrogen-bond donors (Lipinski definition) is 0. The Balaban J connectivity index is 1.42. The topological polar surface area (TPSA) is 73.3 Å². The Morgan fingerprint density at radius 3 is 2.62 bits per heavy atom. The Morgan fingerprint density at radius 1 is 1.17 bits per heavy atom. The quantitative estimate of drug-likeness (QED) is 0.776. The van der Waals surface area contributed by atoms with E-state index in [2.05, 4.69) is 5.10 Å². The van der Waals surface area contributed by atoms with Crippen LogP contribution in [-0.4, -0.2) is 64.0 Å². The van der Waals surface area contributed by atoms with Crippen LogP contribution in [0.2, 0.25) is 0 Å². The van der Waals surface area contributed by atoms with Gasteiger partial charge in [0, 0.05) is 12.5 Å². The molecule has 2 heterocycles. The molecule has 0 bridgehead atoms. The van der Waals surface area contributed by atoms with Crippen molar-refractivity contribution < 1.29 is 14.4 Å². The maximum atomic E-state index is 12.4. The summed E-state index contributed by atoms with van der Waals surface area (Å²) >= 11 is 0. The molecule has 0 atom stereocenters. The second-order valence-corrected chi connectivity index (χ2v) is 6.30. The average molecular weight is 326 g/mol. The van der Waals surface area contributed by atoms with Gasteiger partial charge in [-0.05, 0) is 18.4 Å². The molecule has 0 spiro atoms. The predicted molar refractivity (Wildman–Crippen MR) is 86.1 cm³/mol. The molecular weight excluding hydrogens is 308 g/mol. The van der Waals surface area contributed by atoms with Crippen molar-refractivity contribution in [1.82, 2.24) is 14.8 Å². The predicted octanol–water partition coefficient (Wildman–Crippen LogP) is 1.05. The third-order valence-electron chi connectivity index (χ3n) is 4.56. The van der Waals surface area contributed by atoms with E-state index in [1.807, 2.05) is 30.3 Å². The van der Waals surface area contributed by atoms with Gasteiger partial charge in [-0.25, -0.2) is 9.80 Å². The minimum absolute atomic E-state index is 0.0926. The van der Waals surface area contributed by atoms with Gasteiger partial charge >= 0.3 is 6.03 Å². The molecule has 7 heteroatoms. The number of nitrogens with zero attached hydrogens (tertiary/aromatic N) is 4. The van der Waals surface area contributed by atoms with Crippen LogP contribution in [0.5, 0.6) is 0 Å². The Hall–Kier alpha value is -2.70. The van der Waals surface area contributed by atoms with E-state index in [9.17, 15) is 14.4 Å². The fraction of sp³-hybridized carbons (Fsp3) is 0.412. The highest BCUT2D eigenvalue weighted by Gasteiger charge is 2.44. The van der Waals surface area contributed by atoms with Crippen LogP contribution in [-0.2, 0) is 9.59 Å². The van der Waals surface area contributed by atoms with Crippen LogP contribution in [0.15, 0.2) is 35.4 Å². The Kier molecular flexibility index (Phi) is 3.55. The first kappa shape index (κ1) is 14.9. The number of urea groups is 1. The van der Waals surface area contributed by atoms with Gasteiger partial charge in [0.1, 0.15) is 13.1 Å². The van der Waals surface area contributed by atoms with Gasteiger partial charge in [0.15, 0.2) is 0 Å². The van der Waals surface area contributed by atoms with Crippen molar-refractivity contribution in [1.29, 1.82) is 0 Å². The maximum Gasteiger partial charge on any atom is 0.327 e. The Bertz CT molecular complexity index is 727. The first-order valence-corrected chi connectivity index (χ1v) is 8.18. The lowest BCUT2D eigenvalue weighted by atomic mass is 10.1. The van der Waals surface area contributed by atoms with Gasteiger partial charge in [-0.2, -0.15) is 5.10 Å². The molecule has 4 amide bonds. The molecule has 0 radical (unpaired) electrons. The zero-order valence-corrected chi connectivity index (χ0v) is 13.2. The van der Waals surface area contributed by atoms with Crippen LogP contribution in [0, 0.1) is 0 Å².